The largest absolute Gasteiger partial charge is 0.385 e. The van der Waals surface area contributed by atoms with Gasteiger partial charge in [-0.3, -0.25) is 0 Å². The lowest BCUT2D eigenvalue weighted by Crippen LogP contribution is -2.20. The number of anilines is 2. The van der Waals surface area contributed by atoms with Crippen LogP contribution in [0.2, 0.25) is 0 Å². The molecule has 2 saturated carbocycles. The molecule has 0 amide bonds. The first-order valence-corrected chi connectivity index (χ1v) is 12.4. The normalized spacial score (nSPS) is 21.1. The molecule has 2 fully saturated rings. The average Bonchev–Trinajstić information content (AvgIpc) is 3.54. The van der Waals surface area contributed by atoms with Crippen LogP contribution in [0.4, 0.5) is 11.5 Å². The topological polar surface area (TPSA) is 41.0 Å². The molecule has 0 atom stereocenters. The Bertz CT molecular complexity index is 998. The number of thiazole rings is 1. The van der Waals surface area contributed by atoms with E-state index in [4.69, 9.17) is 0 Å². The number of pyridine rings is 1. The Morgan fingerprint density at radius 2 is 1.74 bits per heavy atom. The van der Waals surface area contributed by atoms with E-state index in [1.807, 2.05) is 25.4 Å². The quantitative estimate of drug-likeness (QED) is 0.460. The van der Waals surface area contributed by atoms with Gasteiger partial charge in [-0.15, -0.1) is 11.3 Å². The highest BCUT2D eigenvalue weighted by Gasteiger charge is 2.27. The molecule has 1 aromatic carbocycles. The number of aromatic nitrogens is 2. The molecule has 0 radical (unpaired) electrons. The maximum atomic E-state index is 4.64. The Labute approximate surface area is 189 Å². The number of benzene rings is 1. The van der Waals surface area contributed by atoms with Crippen LogP contribution in [0.25, 0.3) is 10.4 Å². The van der Waals surface area contributed by atoms with Gasteiger partial charge in [0.2, 0.25) is 0 Å². The summed E-state index contributed by atoms with van der Waals surface area (Å²) in [4.78, 5) is 12.6. The lowest BCUT2D eigenvalue weighted by atomic mass is 9.79. The van der Waals surface area contributed by atoms with Crippen LogP contribution in [0.5, 0.6) is 0 Å². The molecule has 2 aliphatic carbocycles. The zero-order valence-electron chi connectivity index (χ0n) is 18.6. The maximum Gasteiger partial charge on any atom is 0.127 e. The maximum absolute atomic E-state index is 4.64. The van der Waals surface area contributed by atoms with Crippen LogP contribution >= 0.6 is 11.3 Å². The van der Waals surface area contributed by atoms with E-state index in [2.05, 4.69) is 69.0 Å². The van der Waals surface area contributed by atoms with Gasteiger partial charge in [-0.2, -0.15) is 0 Å². The minimum atomic E-state index is 0.662. The molecule has 0 aliphatic heterocycles. The van der Waals surface area contributed by atoms with Crippen LogP contribution < -0.4 is 10.2 Å². The predicted molar refractivity (Wildman–Crippen MR) is 131 cm³/mol. The van der Waals surface area contributed by atoms with Crippen LogP contribution in [-0.2, 0) is 0 Å². The van der Waals surface area contributed by atoms with Crippen molar-refractivity contribution in [2.75, 3.05) is 30.9 Å². The van der Waals surface area contributed by atoms with Crippen LogP contribution in [0.15, 0.2) is 48.8 Å². The van der Waals surface area contributed by atoms with E-state index in [0.717, 1.165) is 24.2 Å². The highest BCUT2D eigenvalue weighted by atomic mass is 32.1. The molecule has 0 bridgehead atoms. The van der Waals surface area contributed by atoms with Crippen molar-refractivity contribution in [3.8, 4) is 10.4 Å². The van der Waals surface area contributed by atoms with Crippen LogP contribution in [-0.4, -0.2) is 30.6 Å². The van der Waals surface area contributed by atoms with Gasteiger partial charge in [-0.05, 0) is 79.7 Å². The standard InChI is InChI=1S/C26H32N4S/c1-30(2)25-13-12-22(16-28-25)19-8-6-18(7-9-19)15-27-23-5-3-4-21(14-23)24-17-29-26(31-24)20-10-11-20/h3-5,12-14,16-20,27H,6-11,15H2,1-2H3. The summed E-state index contributed by atoms with van der Waals surface area (Å²) >= 11 is 1.87. The summed E-state index contributed by atoms with van der Waals surface area (Å²) in [6.07, 6.45) is 11.9. The van der Waals surface area contributed by atoms with Crippen molar-refractivity contribution >= 4 is 22.8 Å². The Morgan fingerprint density at radius 1 is 0.935 bits per heavy atom. The van der Waals surface area contributed by atoms with Crippen molar-refractivity contribution in [3.63, 3.8) is 0 Å². The van der Waals surface area contributed by atoms with Gasteiger partial charge < -0.3 is 10.2 Å². The zero-order valence-corrected chi connectivity index (χ0v) is 19.4. The minimum Gasteiger partial charge on any atom is -0.385 e. The molecule has 0 saturated heterocycles. The van der Waals surface area contributed by atoms with Crippen LogP contribution in [0, 0.1) is 5.92 Å². The fourth-order valence-electron chi connectivity index (χ4n) is 4.59. The Hall–Kier alpha value is -2.40. The first-order valence-electron chi connectivity index (χ1n) is 11.6. The Morgan fingerprint density at radius 3 is 2.45 bits per heavy atom. The van der Waals surface area contributed by atoms with Crippen molar-refractivity contribution in [1.82, 2.24) is 9.97 Å². The lowest BCUT2D eigenvalue weighted by molar-refractivity contribution is 0.338. The molecule has 162 valence electrons. The van der Waals surface area contributed by atoms with Gasteiger partial charge in [0, 0.05) is 44.6 Å². The zero-order chi connectivity index (χ0) is 21.2. The number of nitrogens with one attached hydrogen (secondary N) is 1. The summed E-state index contributed by atoms with van der Waals surface area (Å²) in [5, 5.41) is 5.02. The van der Waals surface area contributed by atoms with E-state index in [0.29, 0.717) is 5.92 Å². The smallest absolute Gasteiger partial charge is 0.127 e. The summed E-state index contributed by atoms with van der Waals surface area (Å²) < 4.78 is 0. The van der Waals surface area contributed by atoms with Crippen molar-refractivity contribution in [3.05, 3.63) is 59.4 Å². The van der Waals surface area contributed by atoms with E-state index in [1.165, 1.54) is 65.2 Å². The van der Waals surface area contributed by atoms with Gasteiger partial charge >= 0.3 is 0 Å². The van der Waals surface area contributed by atoms with Gasteiger partial charge in [0.1, 0.15) is 5.82 Å². The van der Waals surface area contributed by atoms with E-state index < -0.39 is 0 Å². The van der Waals surface area contributed by atoms with Crippen molar-refractivity contribution in [2.45, 2.75) is 50.4 Å². The molecule has 1 N–H and O–H groups in total. The van der Waals surface area contributed by atoms with Gasteiger partial charge in [-0.1, -0.05) is 18.2 Å². The molecule has 4 nitrogen and oxygen atoms in total. The van der Waals surface area contributed by atoms with Crippen molar-refractivity contribution in [2.24, 2.45) is 5.92 Å². The van der Waals surface area contributed by atoms with Gasteiger partial charge in [0.05, 0.1) is 9.88 Å². The van der Waals surface area contributed by atoms with E-state index in [-0.39, 0.29) is 0 Å². The fourth-order valence-corrected chi connectivity index (χ4v) is 5.67. The number of nitrogens with zero attached hydrogens (tertiary/aromatic N) is 3. The van der Waals surface area contributed by atoms with Crippen LogP contribution in [0.1, 0.15) is 60.9 Å². The third kappa shape index (κ3) is 4.93. The van der Waals surface area contributed by atoms with Gasteiger partial charge in [-0.25, -0.2) is 9.97 Å². The Kier molecular flexibility index (Phi) is 5.95. The summed E-state index contributed by atoms with van der Waals surface area (Å²) in [7, 11) is 4.08. The summed E-state index contributed by atoms with van der Waals surface area (Å²) in [5.41, 5.74) is 3.91. The fraction of sp³-hybridized carbons (Fsp3) is 0.462. The third-order valence-electron chi connectivity index (χ3n) is 6.74. The highest BCUT2D eigenvalue weighted by Crippen LogP contribution is 2.43. The van der Waals surface area contributed by atoms with Crippen LogP contribution in [0.3, 0.4) is 0 Å². The first-order chi connectivity index (χ1) is 15.2. The second-order valence-corrected chi connectivity index (χ2v) is 10.4. The molecule has 0 unspecified atom stereocenters. The monoisotopic (exact) mass is 432 g/mol. The first kappa shape index (κ1) is 20.5. The highest BCUT2D eigenvalue weighted by molar-refractivity contribution is 7.15. The molecule has 5 heteroatoms. The molecular weight excluding hydrogens is 400 g/mol. The third-order valence-corrected chi connectivity index (χ3v) is 7.95. The van der Waals surface area contributed by atoms with Gasteiger partial charge in [0.15, 0.2) is 0 Å². The molecule has 3 aromatic rings. The summed E-state index contributed by atoms with van der Waals surface area (Å²) in [6, 6.07) is 13.3. The van der Waals surface area contributed by atoms with E-state index >= 15 is 0 Å². The molecule has 0 spiro atoms. The second kappa shape index (κ2) is 8.99. The second-order valence-electron chi connectivity index (χ2n) is 9.36. The number of rotatable bonds is 7. The molecule has 2 aromatic heterocycles. The van der Waals surface area contributed by atoms with E-state index in [1.54, 1.807) is 0 Å². The molecule has 2 aliphatic rings. The van der Waals surface area contributed by atoms with Gasteiger partial charge in [0.25, 0.3) is 0 Å². The summed E-state index contributed by atoms with van der Waals surface area (Å²) in [5.74, 6) is 3.18. The Balaban J connectivity index is 1.13. The minimum absolute atomic E-state index is 0.662. The number of hydrogen-bond acceptors (Lipinski definition) is 5. The SMILES string of the molecule is CN(C)c1ccc(C2CCC(CNc3cccc(-c4cnc(C5CC5)s4)c3)CC2)cn1. The van der Waals surface area contributed by atoms with E-state index in [9.17, 15) is 0 Å². The number of hydrogen-bond donors (Lipinski definition) is 1. The molecule has 31 heavy (non-hydrogen) atoms. The summed E-state index contributed by atoms with van der Waals surface area (Å²) in [6.45, 7) is 1.06. The predicted octanol–water partition coefficient (Wildman–Crippen LogP) is 6.53. The lowest BCUT2D eigenvalue weighted by Gasteiger charge is -2.29. The molecule has 5 rings (SSSR count). The molecule has 2 heterocycles. The average molecular weight is 433 g/mol. The van der Waals surface area contributed by atoms with Crippen molar-refractivity contribution in [1.29, 1.82) is 0 Å². The van der Waals surface area contributed by atoms with Crippen molar-refractivity contribution < 1.29 is 0 Å². The molecular formula is C26H32N4S.